The van der Waals surface area contributed by atoms with E-state index in [-0.39, 0.29) is 49.3 Å². The van der Waals surface area contributed by atoms with Crippen molar-refractivity contribution in [2.75, 3.05) is 25.4 Å². The standard InChI is InChI=1S/C40H74N8O12S/c41-21-16-22(42)37(60-39-34(54)31(44)33(53)27(19-49)58-39)35(55)36(21)59-38-23(43)17-25(50)26(57-38)18-46-30(52)13-8-6-4-2-1-3-5-7-11-15-45-29(51)14-10-9-12-28-32-24(20-61-28)47-40(56)48-32/h21-28,31-39,49-50,53-55H,1-20,41-44H2,(H,45,51)(H,46,52)(H2,47,48,56)/t21-,22+,23+,24-,25-,26+,27+,28-,31-,32-,33+,34+,35-,36+,37-,38+,39+/m0/s1. The van der Waals surface area contributed by atoms with Gasteiger partial charge in [0.15, 0.2) is 12.6 Å². The summed E-state index contributed by atoms with van der Waals surface area (Å²) in [6, 6.07) is -3.14. The molecule has 0 aromatic rings. The highest BCUT2D eigenvalue weighted by molar-refractivity contribution is 8.00. The molecule has 0 aromatic carbocycles. The highest BCUT2D eigenvalue weighted by Gasteiger charge is 2.50. The summed E-state index contributed by atoms with van der Waals surface area (Å²) in [5.74, 6) is 0.913. The van der Waals surface area contributed by atoms with Crippen LogP contribution in [0.3, 0.4) is 0 Å². The predicted molar refractivity (Wildman–Crippen MR) is 225 cm³/mol. The lowest BCUT2D eigenvalue weighted by Gasteiger charge is -2.47. The van der Waals surface area contributed by atoms with E-state index < -0.39 is 92.2 Å². The first-order valence-corrected chi connectivity index (χ1v) is 23.5. The van der Waals surface area contributed by atoms with Gasteiger partial charge in [-0.3, -0.25) is 9.59 Å². The van der Waals surface area contributed by atoms with E-state index >= 15 is 0 Å². The summed E-state index contributed by atoms with van der Waals surface area (Å²) < 4.78 is 23.5. The maximum absolute atomic E-state index is 12.6. The Morgan fingerprint density at radius 1 is 0.705 bits per heavy atom. The Hall–Kier alpha value is -1.96. The van der Waals surface area contributed by atoms with Crippen LogP contribution < -0.4 is 44.2 Å². The molecule has 0 unspecified atom stereocenters. The fraction of sp³-hybridized carbons (Fsp3) is 0.925. The zero-order chi connectivity index (χ0) is 44.1. The van der Waals surface area contributed by atoms with Gasteiger partial charge in [-0.05, 0) is 38.5 Å². The highest BCUT2D eigenvalue weighted by atomic mass is 32.2. The number of nitrogens with one attached hydrogen (secondary N) is 4. The quantitative estimate of drug-likeness (QED) is 0.0355. The molecule has 5 fully saturated rings. The van der Waals surface area contributed by atoms with Crippen LogP contribution in [-0.2, 0) is 28.5 Å². The lowest BCUT2D eigenvalue weighted by atomic mass is 9.84. The number of unbranched alkanes of at least 4 members (excludes halogenated alkanes) is 9. The average Bonchev–Trinajstić information content (AvgIpc) is 3.79. The van der Waals surface area contributed by atoms with E-state index in [1.54, 1.807) is 0 Å². The molecule has 0 bridgehead atoms. The number of ether oxygens (including phenoxy) is 4. The number of nitrogens with two attached hydrogens (primary N) is 4. The van der Waals surface area contributed by atoms with E-state index in [0.29, 0.717) is 24.6 Å². The smallest absolute Gasteiger partial charge is 0.315 e. The molecule has 5 aliphatic rings. The second kappa shape index (κ2) is 24.9. The van der Waals surface area contributed by atoms with Crippen molar-refractivity contribution in [2.45, 2.75) is 206 Å². The van der Waals surface area contributed by atoms with Gasteiger partial charge in [-0.1, -0.05) is 51.4 Å². The van der Waals surface area contributed by atoms with Crippen LogP contribution in [0.15, 0.2) is 0 Å². The molecule has 4 heterocycles. The van der Waals surface area contributed by atoms with Crippen LogP contribution in [0, 0.1) is 0 Å². The molecular formula is C40H74N8O12S. The molecular weight excluding hydrogens is 817 g/mol. The van der Waals surface area contributed by atoms with Gasteiger partial charge >= 0.3 is 6.03 Å². The van der Waals surface area contributed by atoms with Crippen LogP contribution in [0.1, 0.15) is 103 Å². The van der Waals surface area contributed by atoms with Crippen LogP contribution in [0.5, 0.6) is 0 Å². The lowest BCUT2D eigenvalue weighted by molar-refractivity contribution is -0.315. The van der Waals surface area contributed by atoms with E-state index in [2.05, 4.69) is 21.3 Å². The number of hydrogen-bond acceptors (Lipinski definition) is 17. The zero-order valence-electron chi connectivity index (χ0n) is 35.3. The molecule has 4 amide bonds. The summed E-state index contributed by atoms with van der Waals surface area (Å²) in [5.41, 5.74) is 24.8. The fourth-order valence-electron chi connectivity index (χ4n) is 8.94. The van der Waals surface area contributed by atoms with Crippen LogP contribution in [0.25, 0.3) is 0 Å². The van der Waals surface area contributed by atoms with Gasteiger partial charge in [0.05, 0.1) is 36.9 Å². The number of aliphatic hydroxyl groups is 5. The third-order valence-electron chi connectivity index (χ3n) is 12.7. The van der Waals surface area contributed by atoms with E-state index in [0.717, 1.165) is 82.8 Å². The number of amides is 4. The van der Waals surface area contributed by atoms with E-state index in [9.17, 15) is 39.9 Å². The zero-order valence-corrected chi connectivity index (χ0v) is 36.1. The summed E-state index contributed by atoms with van der Waals surface area (Å²) >= 11 is 1.90. The molecule has 4 aliphatic heterocycles. The van der Waals surface area contributed by atoms with Gasteiger partial charge in [-0.2, -0.15) is 11.8 Å². The van der Waals surface area contributed by atoms with Gasteiger partial charge in [-0.25, -0.2) is 4.79 Å². The number of thioether (sulfide) groups is 1. The average molecular weight is 891 g/mol. The Morgan fingerprint density at radius 3 is 1.97 bits per heavy atom. The molecule has 17 N–H and O–H groups in total. The maximum atomic E-state index is 12.6. The summed E-state index contributed by atoms with van der Waals surface area (Å²) in [6.45, 7) is 0.159. The second-order valence-electron chi connectivity index (χ2n) is 17.5. The predicted octanol–water partition coefficient (Wildman–Crippen LogP) is -2.40. The van der Waals surface area contributed by atoms with Crippen molar-refractivity contribution in [3.63, 3.8) is 0 Å². The summed E-state index contributed by atoms with van der Waals surface area (Å²) in [7, 11) is 0. The lowest BCUT2D eigenvalue weighted by Crippen LogP contribution is -2.68. The highest BCUT2D eigenvalue weighted by Crippen LogP contribution is 2.34. The minimum Gasteiger partial charge on any atom is -0.394 e. The molecule has 1 aliphatic carbocycles. The number of urea groups is 1. The van der Waals surface area contributed by atoms with Gasteiger partial charge in [-0.15, -0.1) is 0 Å². The number of rotatable bonds is 24. The summed E-state index contributed by atoms with van der Waals surface area (Å²) in [6.07, 6.45) is 1.36. The van der Waals surface area contributed by atoms with Crippen molar-refractivity contribution in [2.24, 2.45) is 22.9 Å². The first kappa shape index (κ1) is 50.0. The van der Waals surface area contributed by atoms with E-state index in [1.165, 1.54) is 0 Å². The molecule has 1 saturated carbocycles. The molecule has 20 nitrogen and oxygen atoms in total. The minimum absolute atomic E-state index is 0.0305. The van der Waals surface area contributed by atoms with Gasteiger partial charge in [0.1, 0.15) is 42.7 Å². The van der Waals surface area contributed by atoms with Gasteiger partial charge in [0.2, 0.25) is 11.8 Å². The third kappa shape index (κ3) is 14.5. The van der Waals surface area contributed by atoms with Gasteiger partial charge in [0, 0.05) is 49.0 Å². The largest absolute Gasteiger partial charge is 0.394 e. The third-order valence-corrected chi connectivity index (χ3v) is 14.2. The number of hydrogen-bond donors (Lipinski definition) is 13. The Morgan fingerprint density at radius 2 is 1.30 bits per heavy atom. The maximum Gasteiger partial charge on any atom is 0.315 e. The van der Waals surface area contributed by atoms with E-state index in [4.69, 9.17) is 41.9 Å². The van der Waals surface area contributed by atoms with E-state index in [1.807, 2.05) is 11.8 Å². The first-order valence-electron chi connectivity index (χ1n) is 22.5. The SMILES string of the molecule is N[C@@H]1[C@@H](O)[C@@H](O[C@@H]2[C@@H](O)[C@H](O[C@H]3O[C@H](CNC(=O)CCCCCCCCCCCNC(=O)CCCC[C@@H]4SC[C@@H]5NC(=O)N[C@@H]54)[C@@H](O)C[C@H]3N)[C@@H](N)C[C@H]2N)O[C@H](CO)[C@H]1O. The van der Waals surface area contributed by atoms with Crippen LogP contribution in [0.2, 0.25) is 0 Å². The Kier molecular flexibility index (Phi) is 20.4. The summed E-state index contributed by atoms with van der Waals surface area (Å²) in [4.78, 5) is 36.4. The van der Waals surface area contributed by atoms with Crippen molar-refractivity contribution in [1.82, 2.24) is 21.3 Å². The number of carbonyl (C=O) groups excluding carboxylic acids is 3. The number of carbonyl (C=O) groups is 3. The van der Waals surface area contributed by atoms with Gasteiger partial charge in [0.25, 0.3) is 0 Å². The number of aliphatic hydroxyl groups excluding tert-OH is 5. The molecule has 5 rings (SSSR count). The molecule has 352 valence electrons. The number of fused-ring (bicyclic) bond motifs is 1. The Labute approximate surface area is 363 Å². The summed E-state index contributed by atoms with van der Waals surface area (Å²) in [5, 5.41) is 64.6. The van der Waals surface area contributed by atoms with Crippen molar-refractivity contribution in [3.8, 4) is 0 Å². The first-order chi connectivity index (χ1) is 29.3. The Bertz CT molecular complexity index is 1360. The minimum atomic E-state index is -1.49. The van der Waals surface area contributed by atoms with Crippen LogP contribution in [0.4, 0.5) is 4.79 Å². The normalized spacial score (nSPS) is 38.7. The monoisotopic (exact) mass is 891 g/mol. The molecule has 17 atom stereocenters. The second-order valence-corrected chi connectivity index (χ2v) is 18.8. The van der Waals surface area contributed by atoms with Crippen LogP contribution >= 0.6 is 11.8 Å². The topological polar surface area (TPSA) is 341 Å². The van der Waals surface area contributed by atoms with Crippen molar-refractivity contribution in [3.05, 3.63) is 0 Å². The molecule has 61 heavy (non-hydrogen) atoms. The van der Waals surface area contributed by atoms with Crippen molar-refractivity contribution in [1.29, 1.82) is 0 Å². The molecule has 0 spiro atoms. The van der Waals surface area contributed by atoms with Crippen LogP contribution in [-0.4, -0.2) is 172 Å². The van der Waals surface area contributed by atoms with Crippen molar-refractivity contribution < 1.29 is 58.9 Å². The fourth-order valence-corrected chi connectivity index (χ4v) is 10.5. The Balaban J connectivity index is 0.876. The molecule has 0 aromatic heterocycles. The van der Waals surface area contributed by atoms with Crippen molar-refractivity contribution >= 4 is 29.6 Å². The molecule has 21 heteroatoms. The molecule has 0 radical (unpaired) electrons. The van der Waals surface area contributed by atoms with Gasteiger partial charge < -0.3 is 88.7 Å². The molecule has 4 saturated heterocycles.